The number of halogens is 1. The number of carboxylic acid groups (broad SMARTS) is 1. The average Bonchev–Trinajstić information content (AvgIpc) is 2.64. The Morgan fingerprint density at radius 3 is 2.50 bits per heavy atom. The summed E-state index contributed by atoms with van der Waals surface area (Å²) in [7, 11) is 0. The average molecular weight is 397 g/mol. The lowest BCUT2D eigenvalue weighted by atomic mass is 9.92. The molecule has 1 unspecified atom stereocenters. The Morgan fingerprint density at radius 1 is 1.25 bits per heavy atom. The number of nitriles is 1. The Kier molecular flexibility index (Phi) is 5.11. The summed E-state index contributed by atoms with van der Waals surface area (Å²) in [5, 5.41) is 22.4. The van der Waals surface area contributed by atoms with Crippen molar-refractivity contribution in [2.45, 2.75) is 12.8 Å². The van der Waals surface area contributed by atoms with E-state index < -0.39 is 28.8 Å². The lowest BCUT2D eigenvalue weighted by Crippen LogP contribution is -2.35. The Morgan fingerprint density at radius 2 is 1.93 bits per heavy atom. The minimum Gasteiger partial charge on any atom is -0.476 e. The molecule has 0 aliphatic carbocycles. The van der Waals surface area contributed by atoms with Crippen molar-refractivity contribution >= 4 is 17.6 Å². The highest BCUT2D eigenvalue weighted by atomic mass is 35.5. The summed E-state index contributed by atoms with van der Waals surface area (Å²) in [5.41, 5.74) is -0.343. The van der Waals surface area contributed by atoms with Crippen LogP contribution in [0, 0.1) is 18.3 Å². The second-order valence-electron chi connectivity index (χ2n) is 6.00. The molecule has 0 saturated heterocycles. The molecule has 2 aromatic carbocycles. The maximum Gasteiger partial charge on any atom is 0.362 e. The van der Waals surface area contributed by atoms with E-state index in [1.54, 1.807) is 6.07 Å². The van der Waals surface area contributed by atoms with Crippen LogP contribution in [-0.2, 0) is 0 Å². The van der Waals surface area contributed by atoms with Gasteiger partial charge in [-0.05, 0) is 30.2 Å². The predicted octanol–water partition coefficient (Wildman–Crippen LogP) is 2.24. The Hall–Kier alpha value is -3.70. The van der Waals surface area contributed by atoms with Crippen LogP contribution in [0.15, 0.2) is 52.1 Å². The molecule has 28 heavy (non-hydrogen) atoms. The summed E-state index contributed by atoms with van der Waals surface area (Å²) >= 11 is 6.34. The van der Waals surface area contributed by atoms with Crippen molar-refractivity contribution in [1.82, 2.24) is 14.8 Å². The Bertz CT molecular complexity index is 1220. The summed E-state index contributed by atoms with van der Waals surface area (Å²) in [6.07, 6.45) is 0. The lowest BCUT2D eigenvalue weighted by Gasteiger charge is -2.14. The topological polar surface area (TPSA) is 129 Å². The van der Waals surface area contributed by atoms with E-state index >= 15 is 0 Å². The van der Waals surface area contributed by atoms with Crippen LogP contribution in [0.3, 0.4) is 0 Å². The first kappa shape index (κ1) is 19.1. The van der Waals surface area contributed by atoms with E-state index in [4.69, 9.17) is 16.7 Å². The molecule has 0 aliphatic heterocycles. The molecule has 0 amide bonds. The number of rotatable bonds is 4. The highest BCUT2D eigenvalue weighted by molar-refractivity contribution is 6.31. The number of carboxylic acids is 1. The standard InChI is InChI=1S/C19H13ClN4O4/c1-10-2-4-11(5-3-10)14(9-21)13-7-6-12(8-15(13)20)24-19(28)22-17(25)16(23-24)18(26)27/h2-8,14H,1H3,(H,26,27)(H,22,25,28). The van der Waals surface area contributed by atoms with Crippen molar-refractivity contribution in [1.29, 1.82) is 5.26 Å². The van der Waals surface area contributed by atoms with Crippen LogP contribution in [-0.4, -0.2) is 25.8 Å². The lowest BCUT2D eigenvalue weighted by molar-refractivity contribution is 0.0685. The fourth-order valence-electron chi connectivity index (χ4n) is 2.68. The van der Waals surface area contributed by atoms with Gasteiger partial charge in [-0.15, -0.1) is 0 Å². The molecule has 3 rings (SSSR count). The molecule has 140 valence electrons. The van der Waals surface area contributed by atoms with Crippen LogP contribution in [0.25, 0.3) is 5.69 Å². The monoisotopic (exact) mass is 396 g/mol. The highest BCUT2D eigenvalue weighted by Crippen LogP contribution is 2.31. The Balaban J connectivity index is 2.08. The van der Waals surface area contributed by atoms with E-state index in [0.717, 1.165) is 15.8 Å². The smallest absolute Gasteiger partial charge is 0.362 e. The summed E-state index contributed by atoms with van der Waals surface area (Å²) < 4.78 is 0.730. The molecule has 1 aromatic heterocycles. The van der Waals surface area contributed by atoms with Crippen LogP contribution in [0.2, 0.25) is 5.02 Å². The zero-order valence-electron chi connectivity index (χ0n) is 14.5. The summed E-state index contributed by atoms with van der Waals surface area (Å²) in [5.74, 6) is -2.20. The van der Waals surface area contributed by atoms with E-state index in [0.29, 0.717) is 5.56 Å². The van der Waals surface area contributed by atoms with Crippen molar-refractivity contribution in [2.24, 2.45) is 0 Å². The molecule has 0 spiro atoms. The van der Waals surface area contributed by atoms with E-state index in [1.807, 2.05) is 36.2 Å². The van der Waals surface area contributed by atoms with Gasteiger partial charge < -0.3 is 5.11 Å². The van der Waals surface area contributed by atoms with Crippen molar-refractivity contribution in [3.8, 4) is 11.8 Å². The van der Waals surface area contributed by atoms with E-state index in [2.05, 4.69) is 11.2 Å². The number of carbonyl (C=O) groups is 1. The van der Waals surface area contributed by atoms with Crippen molar-refractivity contribution in [3.05, 3.63) is 90.7 Å². The molecular weight excluding hydrogens is 384 g/mol. The number of nitrogens with zero attached hydrogens (tertiary/aromatic N) is 3. The molecule has 3 aromatic rings. The maximum absolute atomic E-state index is 12.0. The van der Waals surface area contributed by atoms with Gasteiger partial charge in [0.15, 0.2) is 0 Å². The molecule has 0 bridgehead atoms. The number of aromatic carboxylic acids is 1. The van der Waals surface area contributed by atoms with Gasteiger partial charge in [-0.2, -0.15) is 15.0 Å². The first-order chi connectivity index (χ1) is 13.3. The third kappa shape index (κ3) is 3.56. The van der Waals surface area contributed by atoms with Crippen molar-refractivity contribution in [2.75, 3.05) is 0 Å². The molecule has 0 radical (unpaired) electrons. The van der Waals surface area contributed by atoms with Crippen LogP contribution in [0.4, 0.5) is 0 Å². The summed E-state index contributed by atoms with van der Waals surface area (Å²) in [6, 6.07) is 14.1. The van der Waals surface area contributed by atoms with Crippen molar-refractivity contribution in [3.63, 3.8) is 0 Å². The van der Waals surface area contributed by atoms with Gasteiger partial charge in [-0.25, -0.2) is 9.59 Å². The highest BCUT2D eigenvalue weighted by Gasteiger charge is 2.19. The van der Waals surface area contributed by atoms with Gasteiger partial charge >= 0.3 is 11.7 Å². The van der Waals surface area contributed by atoms with E-state index in [9.17, 15) is 19.6 Å². The molecule has 1 heterocycles. The van der Waals surface area contributed by atoms with Gasteiger partial charge in [0.25, 0.3) is 5.56 Å². The first-order valence-electron chi connectivity index (χ1n) is 8.04. The number of H-pyrrole nitrogens is 1. The van der Waals surface area contributed by atoms with Crippen LogP contribution < -0.4 is 11.2 Å². The van der Waals surface area contributed by atoms with Gasteiger partial charge in [-0.3, -0.25) is 9.78 Å². The maximum atomic E-state index is 12.0. The molecular formula is C19H13ClN4O4. The Labute approximate surface area is 163 Å². The minimum absolute atomic E-state index is 0.151. The molecule has 2 N–H and O–H groups in total. The number of aromatic nitrogens is 3. The van der Waals surface area contributed by atoms with Gasteiger partial charge in [0.1, 0.15) is 0 Å². The van der Waals surface area contributed by atoms with Gasteiger partial charge in [0.2, 0.25) is 5.69 Å². The van der Waals surface area contributed by atoms with E-state index in [-0.39, 0.29) is 10.7 Å². The number of hydrogen-bond donors (Lipinski definition) is 2. The van der Waals surface area contributed by atoms with Gasteiger partial charge in [0, 0.05) is 5.02 Å². The summed E-state index contributed by atoms with van der Waals surface area (Å²) in [6.45, 7) is 1.94. The number of benzene rings is 2. The number of aryl methyl sites for hydroxylation is 1. The molecule has 8 nitrogen and oxygen atoms in total. The second kappa shape index (κ2) is 7.50. The third-order valence-corrected chi connectivity index (χ3v) is 4.44. The molecule has 9 heteroatoms. The largest absolute Gasteiger partial charge is 0.476 e. The zero-order valence-corrected chi connectivity index (χ0v) is 15.3. The molecule has 1 atom stereocenters. The van der Waals surface area contributed by atoms with Gasteiger partial charge in [-0.1, -0.05) is 47.5 Å². The van der Waals surface area contributed by atoms with Crippen LogP contribution in [0.5, 0.6) is 0 Å². The number of nitrogens with one attached hydrogen (secondary N) is 1. The molecule has 0 aliphatic rings. The van der Waals surface area contributed by atoms with Crippen LogP contribution >= 0.6 is 11.6 Å². The van der Waals surface area contributed by atoms with Crippen LogP contribution in [0.1, 0.15) is 33.1 Å². The fraction of sp³-hybridized carbons (Fsp3) is 0.105. The number of hydrogen-bond acceptors (Lipinski definition) is 5. The molecule has 0 saturated carbocycles. The predicted molar refractivity (Wildman–Crippen MR) is 101 cm³/mol. The quantitative estimate of drug-likeness (QED) is 0.695. The fourth-order valence-corrected chi connectivity index (χ4v) is 2.96. The molecule has 0 fully saturated rings. The minimum atomic E-state index is -1.57. The first-order valence-corrected chi connectivity index (χ1v) is 8.42. The van der Waals surface area contributed by atoms with Crippen molar-refractivity contribution < 1.29 is 9.90 Å². The second-order valence-corrected chi connectivity index (χ2v) is 6.41. The van der Waals surface area contributed by atoms with Gasteiger partial charge in [0.05, 0.1) is 17.7 Å². The number of aromatic amines is 1. The normalized spacial score (nSPS) is 11.6. The third-order valence-electron chi connectivity index (χ3n) is 4.11. The van der Waals surface area contributed by atoms with E-state index in [1.165, 1.54) is 12.1 Å². The summed E-state index contributed by atoms with van der Waals surface area (Å²) in [4.78, 5) is 36.5. The zero-order chi connectivity index (χ0) is 20.4. The SMILES string of the molecule is Cc1ccc(C(C#N)c2ccc(-n3nc(C(=O)O)c(=O)[nH]c3=O)cc2Cl)cc1.